The lowest BCUT2D eigenvalue weighted by molar-refractivity contribution is 0.0698. The second-order valence-corrected chi connectivity index (χ2v) is 7.55. The van der Waals surface area contributed by atoms with Crippen molar-refractivity contribution in [3.05, 3.63) is 52.0 Å². The zero-order valence-electron chi connectivity index (χ0n) is 13.0. The van der Waals surface area contributed by atoms with Gasteiger partial charge in [0.1, 0.15) is 10.6 Å². The predicted molar refractivity (Wildman–Crippen MR) is 94.3 cm³/mol. The summed E-state index contributed by atoms with van der Waals surface area (Å²) in [6.45, 7) is 3.77. The van der Waals surface area contributed by atoms with Crippen LogP contribution in [-0.2, 0) is 10.0 Å². The van der Waals surface area contributed by atoms with Crippen LogP contribution in [0.1, 0.15) is 22.8 Å². The maximum Gasteiger partial charge on any atom is 0.337 e. The molecule has 2 N–H and O–H groups in total. The Kier molecular flexibility index (Phi) is 5.51. The number of carboxylic acid groups (broad SMARTS) is 1. The monoisotopic (exact) mass is 413 g/mol. The average molecular weight is 414 g/mol. The minimum atomic E-state index is -4.03. The number of hydrogen-bond donors (Lipinski definition) is 2. The number of sulfonamides is 1. The Morgan fingerprint density at radius 3 is 2.58 bits per heavy atom. The zero-order chi connectivity index (χ0) is 17.9. The van der Waals surface area contributed by atoms with E-state index in [9.17, 15) is 18.3 Å². The number of rotatable bonds is 6. The summed E-state index contributed by atoms with van der Waals surface area (Å²) in [6.07, 6.45) is 0. The van der Waals surface area contributed by atoms with Crippen LogP contribution in [0.3, 0.4) is 0 Å². The van der Waals surface area contributed by atoms with Gasteiger partial charge >= 0.3 is 5.97 Å². The summed E-state index contributed by atoms with van der Waals surface area (Å²) in [5, 5.41) is 9.27. The van der Waals surface area contributed by atoms with E-state index in [1.54, 1.807) is 26.0 Å². The van der Waals surface area contributed by atoms with Gasteiger partial charge in [-0.3, -0.25) is 4.72 Å². The lowest BCUT2D eigenvalue weighted by Gasteiger charge is -2.14. The SMILES string of the molecule is CCOc1ccc(Br)cc1S(=O)(=O)Nc1ccc(C)cc1C(=O)O. The van der Waals surface area contributed by atoms with Gasteiger partial charge < -0.3 is 9.84 Å². The van der Waals surface area contributed by atoms with Gasteiger partial charge in [-0.05, 0) is 44.2 Å². The Morgan fingerprint density at radius 1 is 1.25 bits per heavy atom. The molecular weight excluding hydrogens is 398 g/mol. The van der Waals surface area contributed by atoms with Gasteiger partial charge in [-0.1, -0.05) is 27.6 Å². The first kappa shape index (κ1) is 18.3. The van der Waals surface area contributed by atoms with E-state index in [4.69, 9.17) is 4.74 Å². The number of aromatic carboxylic acids is 1. The molecular formula is C16H16BrNO5S. The minimum absolute atomic E-state index is 0.00414. The van der Waals surface area contributed by atoms with Crippen LogP contribution in [0, 0.1) is 6.92 Å². The quantitative estimate of drug-likeness (QED) is 0.753. The van der Waals surface area contributed by atoms with E-state index in [0.29, 0.717) is 16.6 Å². The number of halogens is 1. The van der Waals surface area contributed by atoms with E-state index in [2.05, 4.69) is 20.7 Å². The maximum atomic E-state index is 12.7. The van der Waals surface area contributed by atoms with Gasteiger partial charge in [-0.15, -0.1) is 0 Å². The molecule has 0 aliphatic rings. The molecule has 2 rings (SSSR count). The van der Waals surface area contributed by atoms with Crippen LogP contribution in [0.2, 0.25) is 0 Å². The van der Waals surface area contributed by atoms with Crippen LogP contribution < -0.4 is 9.46 Å². The zero-order valence-corrected chi connectivity index (χ0v) is 15.4. The molecule has 128 valence electrons. The molecule has 8 heteroatoms. The van der Waals surface area contributed by atoms with Gasteiger partial charge in [-0.25, -0.2) is 13.2 Å². The summed E-state index contributed by atoms with van der Waals surface area (Å²) in [7, 11) is -4.03. The highest BCUT2D eigenvalue weighted by Crippen LogP contribution is 2.30. The fourth-order valence-electron chi connectivity index (χ4n) is 2.09. The van der Waals surface area contributed by atoms with Gasteiger partial charge in [0.05, 0.1) is 17.9 Å². The summed E-state index contributed by atoms with van der Waals surface area (Å²) in [6, 6.07) is 9.07. The molecule has 0 spiro atoms. The molecule has 0 radical (unpaired) electrons. The Hall–Kier alpha value is -2.06. The third-order valence-electron chi connectivity index (χ3n) is 3.14. The van der Waals surface area contributed by atoms with E-state index in [-0.39, 0.29) is 21.9 Å². The minimum Gasteiger partial charge on any atom is -0.492 e. The molecule has 0 aliphatic carbocycles. The Labute approximate surface area is 148 Å². The number of carboxylic acids is 1. The molecule has 0 amide bonds. The number of benzene rings is 2. The van der Waals surface area contributed by atoms with Crippen LogP contribution in [0.25, 0.3) is 0 Å². The van der Waals surface area contributed by atoms with Gasteiger partial charge in [0, 0.05) is 4.47 Å². The highest BCUT2D eigenvalue weighted by Gasteiger charge is 2.23. The van der Waals surface area contributed by atoms with Crippen molar-refractivity contribution in [2.24, 2.45) is 0 Å². The van der Waals surface area contributed by atoms with Crippen LogP contribution in [0.5, 0.6) is 5.75 Å². The Morgan fingerprint density at radius 2 is 1.96 bits per heavy atom. The average Bonchev–Trinajstić information content (AvgIpc) is 2.50. The fourth-order valence-corrected chi connectivity index (χ4v) is 3.85. The molecule has 0 aromatic heterocycles. The molecule has 0 aliphatic heterocycles. The van der Waals surface area contributed by atoms with E-state index in [1.807, 2.05) is 0 Å². The van der Waals surface area contributed by atoms with Crippen LogP contribution in [0.4, 0.5) is 5.69 Å². The summed E-state index contributed by atoms with van der Waals surface area (Å²) >= 11 is 3.23. The molecule has 0 unspecified atom stereocenters. The first-order valence-electron chi connectivity index (χ1n) is 7.03. The number of hydrogen-bond acceptors (Lipinski definition) is 4. The molecule has 0 atom stereocenters. The number of carbonyl (C=O) groups is 1. The van der Waals surface area contributed by atoms with E-state index in [1.165, 1.54) is 24.3 Å². The van der Waals surface area contributed by atoms with Gasteiger partial charge in [-0.2, -0.15) is 0 Å². The fraction of sp³-hybridized carbons (Fsp3) is 0.188. The molecule has 24 heavy (non-hydrogen) atoms. The first-order valence-corrected chi connectivity index (χ1v) is 9.31. The van der Waals surface area contributed by atoms with Crippen molar-refractivity contribution in [3.63, 3.8) is 0 Å². The molecule has 0 saturated heterocycles. The molecule has 0 saturated carbocycles. The normalized spacial score (nSPS) is 11.1. The number of aryl methyl sites for hydroxylation is 1. The number of anilines is 1. The van der Waals surface area contributed by atoms with Crippen LogP contribution in [-0.4, -0.2) is 26.1 Å². The maximum absolute atomic E-state index is 12.7. The lowest BCUT2D eigenvalue weighted by Crippen LogP contribution is -2.17. The summed E-state index contributed by atoms with van der Waals surface area (Å²) < 4.78 is 33.7. The Balaban J connectivity index is 2.50. The second kappa shape index (κ2) is 7.23. The molecule has 0 fully saturated rings. The number of nitrogens with one attached hydrogen (secondary N) is 1. The predicted octanol–water partition coefficient (Wildman–Crippen LogP) is 3.66. The summed E-state index contributed by atoms with van der Waals surface area (Å²) in [5.74, 6) is -1.02. The van der Waals surface area contributed by atoms with E-state index >= 15 is 0 Å². The van der Waals surface area contributed by atoms with Gasteiger partial charge in [0.2, 0.25) is 0 Å². The van der Waals surface area contributed by atoms with Crippen molar-refractivity contribution in [1.29, 1.82) is 0 Å². The second-order valence-electron chi connectivity index (χ2n) is 4.98. The summed E-state index contributed by atoms with van der Waals surface area (Å²) in [4.78, 5) is 11.3. The molecule has 6 nitrogen and oxygen atoms in total. The number of ether oxygens (including phenoxy) is 1. The third-order valence-corrected chi connectivity index (χ3v) is 5.02. The highest BCUT2D eigenvalue weighted by atomic mass is 79.9. The largest absolute Gasteiger partial charge is 0.492 e. The standard InChI is InChI=1S/C16H16BrNO5S/c1-3-23-14-7-5-11(17)9-15(14)24(21,22)18-13-6-4-10(2)8-12(13)16(19)20/h4-9,18H,3H2,1-2H3,(H,19,20). The van der Waals surface area contributed by atoms with E-state index in [0.717, 1.165) is 0 Å². The topological polar surface area (TPSA) is 92.7 Å². The third kappa shape index (κ3) is 4.07. The smallest absolute Gasteiger partial charge is 0.337 e. The molecule has 2 aromatic carbocycles. The van der Waals surface area contributed by atoms with Crippen LogP contribution in [0.15, 0.2) is 45.8 Å². The van der Waals surface area contributed by atoms with Gasteiger partial charge in [0.25, 0.3) is 10.0 Å². The van der Waals surface area contributed by atoms with Crippen molar-refractivity contribution >= 4 is 37.6 Å². The van der Waals surface area contributed by atoms with Crippen LogP contribution >= 0.6 is 15.9 Å². The molecule has 0 bridgehead atoms. The van der Waals surface area contributed by atoms with Crippen molar-refractivity contribution in [2.45, 2.75) is 18.7 Å². The molecule has 2 aromatic rings. The first-order chi connectivity index (χ1) is 11.2. The van der Waals surface area contributed by atoms with Crippen molar-refractivity contribution in [1.82, 2.24) is 0 Å². The van der Waals surface area contributed by atoms with Gasteiger partial charge in [0.15, 0.2) is 0 Å². The lowest BCUT2D eigenvalue weighted by atomic mass is 10.1. The van der Waals surface area contributed by atoms with Crippen molar-refractivity contribution in [2.75, 3.05) is 11.3 Å². The highest BCUT2D eigenvalue weighted by molar-refractivity contribution is 9.10. The van der Waals surface area contributed by atoms with E-state index < -0.39 is 16.0 Å². The Bertz CT molecular complexity index is 880. The van der Waals surface area contributed by atoms with Crippen molar-refractivity contribution in [3.8, 4) is 5.75 Å². The summed E-state index contributed by atoms with van der Waals surface area (Å²) in [5.41, 5.74) is 0.592. The van der Waals surface area contributed by atoms with Crippen molar-refractivity contribution < 1.29 is 23.1 Å². The molecule has 0 heterocycles.